The summed E-state index contributed by atoms with van der Waals surface area (Å²) in [4.78, 5) is 0. The summed E-state index contributed by atoms with van der Waals surface area (Å²) in [7, 11) is 1.70. The summed E-state index contributed by atoms with van der Waals surface area (Å²) < 4.78 is 4.96. The summed E-state index contributed by atoms with van der Waals surface area (Å²) in [5.41, 5.74) is 2.63. The fraction of sp³-hybridized carbons (Fsp3) is 0.545. The van der Waals surface area contributed by atoms with Crippen molar-refractivity contribution in [3.63, 3.8) is 0 Å². The van der Waals surface area contributed by atoms with Gasteiger partial charge >= 0.3 is 0 Å². The molecule has 0 saturated heterocycles. The number of aryl methyl sites for hydroxylation is 1. The Morgan fingerprint density at radius 3 is 2.88 bits per heavy atom. The lowest BCUT2D eigenvalue weighted by Gasteiger charge is -2.09. The normalized spacial score (nSPS) is 10.1. The average Bonchev–Trinajstić information content (AvgIpc) is 2.67. The second kappa shape index (κ2) is 7.60. The van der Waals surface area contributed by atoms with Crippen LogP contribution in [0.3, 0.4) is 0 Å². The predicted molar refractivity (Wildman–Crippen MR) is 73.0 cm³/mol. The zero-order valence-electron chi connectivity index (χ0n) is 9.71. The number of methoxy groups -OCH3 is 1. The molecular formula is C11H18N2OS2. The van der Waals surface area contributed by atoms with E-state index in [9.17, 15) is 0 Å². The second-order valence-electron chi connectivity index (χ2n) is 3.54. The largest absolute Gasteiger partial charge is 0.385 e. The Bertz CT molecular complexity index is 326. The van der Waals surface area contributed by atoms with Crippen molar-refractivity contribution in [3.05, 3.63) is 21.9 Å². The van der Waals surface area contributed by atoms with Crippen LogP contribution in [0.1, 0.15) is 17.5 Å². The molecule has 90 valence electrons. The van der Waals surface area contributed by atoms with Crippen LogP contribution in [0.4, 0.5) is 0 Å². The standard InChI is InChI=1S/C11H18N2OS2/c1-9-7-16-8-10(9)6-13-11(15)12-4-3-5-14-2/h7-8H,3-6H2,1-2H3,(H2,12,13,15). The van der Waals surface area contributed by atoms with Crippen LogP contribution in [-0.4, -0.2) is 25.4 Å². The van der Waals surface area contributed by atoms with Crippen molar-refractivity contribution >= 4 is 28.7 Å². The molecule has 1 heterocycles. The lowest BCUT2D eigenvalue weighted by molar-refractivity contribution is 0.195. The minimum absolute atomic E-state index is 0.710. The van der Waals surface area contributed by atoms with E-state index in [1.165, 1.54) is 11.1 Å². The van der Waals surface area contributed by atoms with E-state index in [4.69, 9.17) is 17.0 Å². The van der Waals surface area contributed by atoms with Crippen LogP contribution < -0.4 is 10.6 Å². The van der Waals surface area contributed by atoms with Gasteiger partial charge < -0.3 is 15.4 Å². The zero-order valence-corrected chi connectivity index (χ0v) is 11.3. The summed E-state index contributed by atoms with van der Waals surface area (Å²) in [5, 5.41) is 11.3. The van der Waals surface area contributed by atoms with Crippen LogP contribution in [0.15, 0.2) is 10.8 Å². The minimum Gasteiger partial charge on any atom is -0.385 e. The maximum Gasteiger partial charge on any atom is 0.166 e. The van der Waals surface area contributed by atoms with E-state index in [0.29, 0.717) is 5.11 Å². The molecule has 1 rings (SSSR count). The molecular weight excluding hydrogens is 240 g/mol. The first-order valence-electron chi connectivity index (χ1n) is 5.26. The molecule has 0 saturated carbocycles. The molecule has 0 fully saturated rings. The highest BCUT2D eigenvalue weighted by molar-refractivity contribution is 7.80. The van der Waals surface area contributed by atoms with E-state index in [2.05, 4.69) is 28.3 Å². The Balaban J connectivity index is 2.13. The van der Waals surface area contributed by atoms with Gasteiger partial charge in [0.2, 0.25) is 0 Å². The van der Waals surface area contributed by atoms with Crippen LogP contribution in [0, 0.1) is 6.92 Å². The average molecular weight is 258 g/mol. The molecule has 2 N–H and O–H groups in total. The third-order valence-corrected chi connectivity index (χ3v) is 3.41. The Morgan fingerprint density at radius 2 is 2.25 bits per heavy atom. The quantitative estimate of drug-likeness (QED) is 0.604. The Morgan fingerprint density at radius 1 is 1.44 bits per heavy atom. The third-order valence-electron chi connectivity index (χ3n) is 2.21. The van der Waals surface area contributed by atoms with Gasteiger partial charge in [-0.2, -0.15) is 11.3 Å². The van der Waals surface area contributed by atoms with Crippen LogP contribution in [0.25, 0.3) is 0 Å². The van der Waals surface area contributed by atoms with Gasteiger partial charge in [0.05, 0.1) is 0 Å². The molecule has 0 aromatic carbocycles. The molecule has 0 aliphatic rings. The van der Waals surface area contributed by atoms with E-state index < -0.39 is 0 Å². The zero-order chi connectivity index (χ0) is 11.8. The fourth-order valence-corrected chi connectivity index (χ4v) is 2.26. The molecule has 16 heavy (non-hydrogen) atoms. The molecule has 3 nitrogen and oxygen atoms in total. The number of ether oxygens (including phenoxy) is 1. The van der Waals surface area contributed by atoms with Gasteiger partial charge in [0, 0.05) is 26.8 Å². The van der Waals surface area contributed by atoms with Gasteiger partial charge in [-0.1, -0.05) is 0 Å². The van der Waals surface area contributed by atoms with E-state index in [1.807, 2.05) is 0 Å². The molecule has 0 radical (unpaired) electrons. The van der Waals surface area contributed by atoms with Crippen molar-refractivity contribution in [2.24, 2.45) is 0 Å². The molecule has 5 heteroatoms. The van der Waals surface area contributed by atoms with Crippen molar-refractivity contribution in [3.8, 4) is 0 Å². The Kier molecular flexibility index (Phi) is 6.37. The van der Waals surface area contributed by atoms with Gasteiger partial charge in [-0.25, -0.2) is 0 Å². The molecule has 0 aliphatic carbocycles. The number of thiophene rings is 1. The first-order chi connectivity index (χ1) is 7.74. The number of rotatable bonds is 6. The number of hydrogen-bond donors (Lipinski definition) is 2. The monoisotopic (exact) mass is 258 g/mol. The summed E-state index contributed by atoms with van der Waals surface area (Å²) in [6.45, 7) is 4.52. The highest BCUT2D eigenvalue weighted by Gasteiger charge is 2.00. The second-order valence-corrected chi connectivity index (χ2v) is 4.69. The van der Waals surface area contributed by atoms with Crippen LogP contribution in [0.2, 0.25) is 0 Å². The van der Waals surface area contributed by atoms with Crippen molar-refractivity contribution in [1.29, 1.82) is 0 Å². The van der Waals surface area contributed by atoms with Crippen molar-refractivity contribution < 1.29 is 4.74 Å². The van der Waals surface area contributed by atoms with E-state index in [-0.39, 0.29) is 0 Å². The summed E-state index contributed by atoms with van der Waals surface area (Å²) in [5.74, 6) is 0. The summed E-state index contributed by atoms with van der Waals surface area (Å²) in [6.07, 6.45) is 0.968. The molecule has 1 aromatic heterocycles. The molecule has 0 unspecified atom stereocenters. The predicted octanol–water partition coefficient (Wildman–Crippen LogP) is 2.06. The molecule has 0 bridgehead atoms. The first kappa shape index (κ1) is 13.4. The third kappa shape index (κ3) is 4.92. The van der Waals surface area contributed by atoms with E-state index in [0.717, 1.165) is 26.1 Å². The highest BCUT2D eigenvalue weighted by atomic mass is 32.1. The number of thiocarbonyl (C=S) groups is 1. The molecule has 0 amide bonds. The topological polar surface area (TPSA) is 33.3 Å². The van der Waals surface area contributed by atoms with Gasteiger partial charge in [0.1, 0.15) is 0 Å². The lowest BCUT2D eigenvalue weighted by Crippen LogP contribution is -2.35. The smallest absolute Gasteiger partial charge is 0.166 e. The summed E-state index contributed by atoms with van der Waals surface area (Å²) in [6, 6.07) is 0. The van der Waals surface area contributed by atoms with Crippen molar-refractivity contribution in [1.82, 2.24) is 10.6 Å². The number of hydrogen-bond acceptors (Lipinski definition) is 3. The highest BCUT2D eigenvalue weighted by Crippen LogP contribution is 2.12. The van der Waals surface area contributed by atoms with Gasteiger partial charge in [0.15, 0.2) is 5.11 Å². The SMILES string of the molecule is COCCCNC(=S)NCc1cscc1C. The van der Waals surface area contributed by atoms with Gasteiger partial charge in [-0.15, -0.1) is 0 Å². The van der Waals surface area contributed by atoms with Gasteiger partial charge in [-0.05, 0) is 47.4 Å². The van der Waals surface area contributed by atoms with E-state index >= 15 is 0 Å². The van der Waals surface area contributed by atoms with Crippen LogP contribution >= 0.6 is 23.6 Å². The Hall–Kier alpha value is -0.650. The Labute approximate surface area is 106 Å². The van der Waals surface area contributed by atoms with Crippen molar-refractivity contribution in [2.45, 2.75) is 19.9 Å². The molecule has 0 atom stereocenters. The van der Waals surface area contributed by atoms with Crippen LogP contribution in [-0.2, 0) is 11.3 Å². The van der Waals surface area contributed by atoms with Crippen molar-refractivity contribution in [2.75, 3.05) is 20.3 Å². The molecule has 0 aliphatic heterocycles. The first-order valence-corrected chi connectivity index (χ1v) is 6.61. The van der Waals surface area contributed by atoms with Gasteiger partial charge in [0.25, 0.3) is 0 Å². The maximum atomic E-state index is 5.16. The summed E-state index contributed by atoms with van der Waals surface area (Å²) >= 11 is 6.88. The van der Waals surface area contributed by atoms with Crippen LogP contribution in [0.5, 0.6) is 0 Å². The van der Waals surface area contributed by atoms with E-state index in [1.54, 1.807) is 18.4 Å². The fourth-order valence-electron chi connectivity index (χ4n) is 1.22. The molecule has 1 aromatic rings. The lowest BCUT2D eigenvalue weighted by atomic mass is 10.2. The van der Waals surface area contributed by atoms with Gasteiger partial charge in [-0.3, -0.25) is 0 Å². The maximum absolute atomic E-state index is 5.16. The minimum atomic E-state index is 0.710. The molecule has 0 spiro atoms. The number of nitrogens with one attached hydrogen (secondary N) is 2.